The molecule has 1 aliphatic heterocycles. The largest absolute Gasteiger partial charge is 0.338 e. The maximum atomic E-state index is 12.6. The lowest BCUT2D eigenvalue weighted by Crippen LogP contribution is -2.45. The van der Waals surface area contributed by atoms with Gasteiger partial charge in [-0.25, -0.2) is 0 Å². The zero-order chi connectivity index (χ0) is 11.8. The molecule has 2 atom stereocenters. The summed E-state index contributed by atoms with van der Waals surface area (Å²) in [6.45, 7) is 5.39. The van der Waals surface area contributed by atoms with Crippen molar-refractivity contribution < 1.29 is 4.79 Å². The molecule has 0 aromatic heterocycles. The van der Waals surface area contributed by atoms with Crippen LogP contribution in [0.15, 0.2) is 0 Å². The van der Waals surface area contributed by atoms with Crippen molar-refractivity contribution in [3.63, 3.8) is 0 Å². The molecule has 16 heavy (non-hydrogen) atoms. The SMILES string of the molecule is CC1CCN(C(=O)C2(C)CCCC2)C1CBr. The predicted octanol–water partition coefficient (Wildman–Crippen LogP) is 3.20. The summed E-state index contributed by atoms with van der Waals surface area (Å²) in [6.07, 6.45) is 5.80. The van der Waals surface area contributed by atoms with Crippen LogP contribution in [0.5, 0.6) is 0 Å². The Hall–Kier alpha value is -0.0500. The minimum absolute atomic E-state index is 0.0511. The molecule has 2 rings (SSSR count). The molecule has 2 aliphatic rings. The lowest BCUT2D eigenvalue weighted by molar-refractivity contribution is -0.141. The van der Waals surface area contributed by atoms with E-state index in [0.29, 0.717) is 17.9 Å². The van der Waals surface area contributed by atoms with Crippen LogP contribution >= 0.6 is 15.9 Å². The summed E-state index contributed by atoms with van der Waals surface area (Å²) in [5.74, 6) is 1.06. The third kappa shape index (κ3) is 2.03. The van der Waals surface area contributed by atoms with E-state index in [4.69, 9.17) is 0 Å². The third-order valence-corrected chi connectivity index (χ3v) is 5.19. The van der Waals surface area contributed by atoms with Crippen LogP contribution in [0.4, 0.5) is 0 Å². The van der Waals surface area contributed by atoms with Crippen LogP contribution in [0.25, 0.3) is 0 Å². The van der Waals surface area contributed by atoms with Gasteiger partial charge in [-0.1, -0.05) is 42.6 Å². The zero-order valence-corrected chi connectivity index (χ0v) is 11.9. The van der Waals surface area contributed by atoms with Crippen molar-refractivity contribution in [2.45, 2.75) is 52.0 Å². The minimum atomic E-state index is -0.0511. The lowest BCUT2D eigenvalue weighted by atomic mass is 9.87. The average molecular weight is 288 g/mol. The summed E-state index contributed by atoms with van der Waals surface area (Å²) < 4.78 is 0. The van der Waals surface area contributed by atoms with Gasteiger partial charge in [-0.05, 0) is 25.2 Å². The van der Waals surface area contributed by atoms with E-state index in [0.717, 1.165) is 31.1 Å². The summed E-state index contributed by atoms with van der Waals surface area (Å²) in [5, 5.41) is 0.927. The molecule has 3 heteroatoms. The molecule has 2 unspecified atom stereocenters. The molecule has 1 heterocycles. The van der Waals surface area contributed by atoms with Crippen molar-refractivity contribution in [1.82, 2.24) is 4.90 Å². The van der Waals surface area contributed by atoms with Crippen LogP contribution < -0.4 is 0 Å². The molecule has 0 aromatic rings. The van der Waals surface area contributed by atoms with Gasteiger partial charge in [0.2, 0.25) is 5.91 Å². The number of nitrogens with zero attached hydrogens (tertiary/aromatic N) is 1. The molecule has 0 spiro atoms. The van der Waals surface area contributed by atoms with Gasteiger partial charge in [-0.3, -0.25) is 4.79 Å². The van der Waals surface area contributed by atoms with Gasteiger partial charge in [0.1, 0.15) is 0 Å². The smallest absolute Gasteiger partial charge is 0.228 e. The first-order chi connectivity index (χ1) is 7.58. The maximum Gasteiger partial charge on any atom is 0.228 e. The van der Waals surface area contributed by atoms with Gasteiger partial charge in [-0.2, -0.15) is 0 Å². The second-order valence-corrected chi connectivity index (χ2v) is 6.40. The number of likely N-dealkylation sites (tertiary alicyclic amines) is 1. The molecule has 0 radical (unpaired) electrons. The standard InChI is InChI=1S/C13H22BrNO/c1-10-5-8-15(11(10)9-14)12(16)13(2)6-3-4-7-13/h10-11H,3-9H2,1-2H3. The molecule has 2 fully saturated rings. The fourth-order valence-electron chi connectivity index (χ4n) is 3.21. The van der Waals surface area contributed by atoms with Crippen molar-refractivity contribution >= 4 is 21.8 Å². The molecule has 2 nitrogen and oxygen atoms in total. The van der Waals surface area contributed by atoms with Gasteiger partial charge in [0.05, 0.1) is 0 Å². The van der Waals surface area contributed by atoms with Crippen LogP contribution in [0.1, 0.15) is 46.0 Å². The van der Waals surface area contributed by atoms with Crippen molar-refractivity contribution in [1.29, 1.82) is 0 Å². The van der Waals surface area contributed by atoms with Gasteiger partial charge in [-0.15, -0.1) is 0 Å². The Labute approximate surface area is 107 Å². The number of amides is 1. The zero-order valence-electron chi connectivity index (χ0n) is 10.3. The third-order valence-electron chi connectivity index (χ3n) is 4.52. The van der Waals surface area contributed by atoms with E-state index in [2.05, 4.69) is 34.7 Å². The highest BCUT2D eigenvalue weighted by Gasteiger charge is 2.43. The van der Waals surface area contributed by atoms with Crippen LogP contribution in [0, 0.1) is 11.3 Å². The Kier molecular flexibility index (Phi) is 3.62. The highest BCUT2D eigenvalue weighted by Crippen LogP contribution is 2.41. The second-order valence-electron chi connectivity index (χ2n) is 5.75. The fourth-order valence-corrected chi connectivity index (χ4v) is 4.20. The number of alkyl halides is 1. The van der Waals surface area contributed by atoms with E-state index in [1.54, 1.807) is 0 Å². The van der Waals surface area contributed by atoms with Crippen molar-refractivity contribution in [3.8, 4) is 0 Å². The Balaban J connectivity index is 2.09. The second kappa shape index (κ2) is 4.67. The van der Waals surface area contributed by atoms with Gasteiger partial charge >= 0.3 is 0 Å². The highest BCUT2D eigenvalue weighted by atomic mass is 79.9. The Morgan fingerprint density at radius 3 is 2.62 bits per heavy atom. The van der Waals surface area contributed by atoms with Gasteiger partial charge in [0, 0.05) is 23.3 Å². The number of rotatable bonds is 2. The molecule has 0 bridgehead atoms. The van der Waals surface area contributed by atoms with E-state index in [1.807, 2.05) is 0 Å². The molecular formula is C13H22BrNO. The summed E-state index contributed by atoms with van der Waals surface area (Å²) in [5.41, 5.74) is -0.0511. The van der Waals surface area contributed by atoms with Crippen LogP contribution in [-0.4, -0.2) is 28.7 Å². The Bertz CT molecular complexity index is 273. The van der Waals surface area contributed by atoms with Gasteiger partial charge in [0.15, 0.2) is 0 Å². The molecule has 92 valence electrons. The summed E-state index contributed by atoms with van der Waals surface area (Å²) in [6, 6.07) is 0.421. The van der Waals surface area contributed by atoms with E-state index in [1.165, 1.54) is 12.8 Å². The van der Waals surface area contributed by atoms with E-state index in [9.17, 15) is 4.79 Å². The number of carbonyl (C=O) groups excluding carboxylic acids is 1. The van der Waals surface area contributed by atoms with Crippen molar-refractivity contribution in [2.24, 2.45) is 11.3 Å². The molecule has 1 aliphatic carbocycles. The van der Waals surface area contributed by atoms with Crippen molar-refractivity contribution in [3.05, 3.63) is 0 Å². The maximum absolute atomic E-state index is 12.6. The molecule has 0 N–H and O–H groups in total. The minimum Gasteiger partial charge on any atom is -0.338 e. The van der Waals surface area contributed by atoms with Gasteiger partial charge < -0.3 is 4.90 Å². The lowest BCUT2D eigenvalue weighted by Gasteiger charge is -2.33. The quantitative estimate of drug-likeness (QED) is 0.715. The molecule has 1 amide bonds. The Morgan fingerprint density at radius 1 is 1.44 bits per heavy atom. The van der Waals surface area contributed by atoms with Crippen LogP contribution in [-0.2, 0) is 4.79 Å². The first kappa shape index (κ1) is 12.4. The van der Waals surface area contributed by atoms with Crippen LogP contribution in [0.3, 0.4) is 0 Å². The monoisotopic (exact) mass is 287 g/mol. The first-order valence-corrected chi connectivity index (χ1v) is 7.58. The van der Waals surface area contributed by atoms with Crippen LogP contribution in [0.2, 0.25) is 0 Å². The Morgan fingerprint density at radius 2 is 2.06 bits per heavy atom. The molecular weight excluding hydrogens is 266 g/mol. The van der Waals surface area contributed by atoms with E-state index in [-0.39, 0.29) is 5.41 Å². The number of halogens is 1. The highest BCUT2D eigenvalue weighted by molar-refractivity contribution is 9.09. The van der Waals surface area contributed by atoms with E-state index >= 15 is 0 Å². The first-order valence-electron chi connectivity index (χ1n) is 6.45. The molecule has 1 saturated heterocycles. The van der Waals surface area contributed by atoms with Crippen molar-refractivity contribution in [2.75, 3.05) is 11.9 Å². The fraction of sp³-hybridized carbons (Fsp3) is 0.923. The summed E-state index contributed by atoms with van der Waals surface area (Å²) in [7, 11) is 0. The number of hydrogen-bond acceptors (Lipinski definition) is 1. The summed E-state index contributed by atoms with van der Waals surface area (Å²) >= 11 is 3.56. The normalized spacial score (nSPS) is 33.3. The average Bonchev–Trinajstić information content (AvgIpc) is 2.84. The van der Waals surface area contributed by atoms with Gasteiger partial charge in [0.25, 0.3) is 0 Å². The summed E-state index contributed by atoms with van der Waals surface area (Å²) in [4.78, 5) is 14.7. The topological polar surface area (TPSA) is 20.3 Å². The molecule has 1 saturated carbocycles. The number of hydrogen-bond donors (Lipinski definition) is 0. The predicted molar refractivity (Wildman–Crippen MR) is 69.7 cm³/mol. The number of carbonyl (C=O) groups is 1. The van der Waals surface area contributed by atoms with E-state index < -0.39 is 0 Å². The molecule has 0 aromatic carbocycles.